The molecule has 0 amide bonds. The molecule has 19 heavy (non-hydrogen) atoms. The average Bonchev–Trinajstić information content (AvgIpc) is 2.46. The molecule has 1 aromatic carbocycles. The van der Waals surface area contributed by atoms with Gasteiger partial charge in [-0.25, -0.2) is 0 Å². The van der Waals surface area contributed by atoms with Gasteiger partial charge in [0.1, 0.15) is 0 Å². The summed E-state index contributed by atoms with van der Waals surface area (Å²) in [5.41, 5.74) is 8.28. The Labute approximate surface area is 119 Å². The zero-order valence-corrected chi connectivity index (χ0v) is 12.2. The third-order valence-corrected chi connectivity index (χ3v) is 4.32. The molecule has 2 nitrogen and oxygen atoms in total. The maximum Gasteiger partial charge on any atom is 0.0639 e. The summed E-state index contributed by atoms with van der Waals surface area (Å²) in [5, 5.41) is 0.214. The number of hydrogen-bond acceptors (Lipinski definition) is 3. The normalized spacial score (nSPS) is 12.6. The van der Waals surface area contributed by atoms with Crippen molar-refractivity contribution >= 4 is 11.8 Å². The quantitative estimate of drug-likeness (QED) is 0.836. The lowest BCUT2D eigenvalue weighted by atomic mass is 10.0. The Morgan fingerprint density at radius 1 is 1.11 bits per heavy atom. The van der Waals surface area contributed by atoms with Gasteiger partial charge >= 0.3 is 0 Å². The minimum absolute atomic E-state index is 0.214. The second kappa shape index (κ2) is 6.73. The molecule has 0 saturated carbocycles. The fraction of sp³-hybridized carbons (Fsp3) is 0.312. The third-order valence-electron chi connectivity index (χ3n) is 3.06. The zero-order valence-electron chi connectivity index (χ0n) is 11.4. The SMILES string of the molecule is CC(C)c1ccc(SC(CN)c2ccccn2)cc1. The summed E-state index contributed by atoms with van der Waals surface area (Å²) in [4.78, 5) is 5.63. The first-order chi connectivity index (χ1) is 9.20. The minimum atomic E-state index is 0.214. The zero-order chi connectivity index (χ0) is 13.7. The van der Waals surface area contributed by atoms with Crippen molar-refractivity contribution in [1.82, 2.24) is 4.98 Å². The molecule has 0 fully saturated rings. The lowest BCUT2D eigenvalue weighted by molar-refractivity contribution is 0.864. The molecule has 0 aliphatic carbocycles. The molecule has 1 atom stereocenters. The van der Waals surface area contributed by atoms with Gasteiger partial charge in [-0.05, 0) is 35.7 Å². The Morgan fingerprint density at radius 3 is 2.37 bits per heavy atom. The van der Waals surface area contributed by atoms with Crippen molar-refractivity contribution in [3.05, 3.63) is 59.9 Å². The first-order valence-corrected chi connectivity index (χ1v) is 7.46. The van der Waals surface area contributed by atoms with Gasteiger partial charge in [0.25, 0.3) is 0 Å². The van der Waals surface area contributed by atoms with E-state index in [1.54, 1.807) is 11.8 Å². The van der Waals surface area contributed by atoms with Crippen LogP contribution in [0.3, 0.4) is 0 Å². The van der Waals surface area contributed by atoms with Crippen LogP contribution in [0.4, 0.5) is 0 Å². The fourth-order valence-electron chi connectivity index (χ4n) is 1.89. The molecule has 100 valence electrons. The predicted octanol–water partition coefficient (Wildman–Crippen LogP) is 4.00. The van der Waals surface area contributed by atoms with E-state index in [0.717, 1.165) is 5.69 Å². The lowest BCUT2D eigenvalue weighted by Gasteiger charge is -2.14. The molecule has 0 aliphatic heterocycles. The van der Waals surface area contributed by atoms with Crippen molar-refractivity contribution in [2.24, 2.45) is 5.73 Å². The van der Waals surface area contributed by atoms with Gasteiger partial charge in [-0.15, -0.1) is 11.8 Å². The van der Waals surface area contributed by atoms with Crippen LogP contribution in [0.15, 0.2) is 53.6 Å². The van der Waals surface area contributed by atoms with Gasteiger partial charge in [0, 0.05) is 17.6 Å². The number of rotatable bonds is 5. The molecule has 2 rings (SSSR count). The van der Waals surface area contributed by atoms with E-state index in [1.165, 1.54) is 10.5 Å². The van der Waals surface area contributed by atoms with Gasteiger partial charge in [-0.1, -0.05) is 32.0 Å². The van der Waals surface area contributed by atoms with Crippen LogP contribution in [-0.2, 0) is 0 Å². The summed E-state index contributed by atoms with van der Waals surface area (Å²) < 4.78 is 0. The Bertz CT molecular complexity index is 494. The highest BCUT2D eigenvalue weighted by molar-refractivity contribution is 7.99. The van der Waals surface area contributed by atoms with Crippen LogP contribution in [0.1, 0.15) is 36.3 Å². The number of nitrogens with zero attached hydrogens (tertiary/aromatic N) is 1. The second-order valence-electron chi connectivity index (χ2n) is 4.82. The standard InChI is InChI=1S/C16H20N2S/c1-12(2)13-6-8-14(9-7-13)19-16(11-17)15-5-3-4-10-18-15/h3-10,12,16H,11,17H2,1-2H3. The molecule has 1 aromatic heterocycles. The highest BCUT2D eigenvalue weighted by atomic mass is 32.2. The van der Waals surface area contributed by atoms with Crippen molar-refractivity contribution in [1.29, 1.82) is 0 Å². The van der Waals surface area contributed by atoms with Crippen molar-refractivity contribution in [2.45, 2.75) is 29.9 Å². The Balaban J connectivity index is 2.10. The molecule has 0 aliphatic rings. The van der Waals surface area contributed by atoms with E-state index >= 15 is 0 Å². The molecule has 0 radical (unpaired) electrons. The Morgan fingerprint density at radius 2 is 1.84 bits per heavy atom. The van der Waals surface area contributed by atoms with E-state index in [4.69, 9.17) is 5.73 Å². The van der Waals surface area contributed by atoms with Gasteiger partial charge in [0.15, 0.2) is 0 Å². The van der Waals surface area contributed by atoms with Crippen LogP contribution in [0, 0.1) is 0 Å². The average molecular weight is 272 g/mol. The second-order valence-corrected chi connectivity index (χ2v) is 6.10. The van der Waals surface area contributed by atoms with Gasteiger partial charge in [0.05, 0.1) is 10.9 Å². The molecule has 2 aromatic rings. The molecule has 0 bridgehead atoms. The summed E-state index contributed by atoms with van der Waals surface area (Å²) in [6.45, 7) is 5.01. The van der Waals surface area contributed by atoms with Crippen molar-refractivity contribution in [2.75, 3.05) is 6.54 Å². The smallest absolute Gasteiger partial charge is 0.0639 e. The number of thioether (sulfide) groups is 1. The molecule has 1 unspecified atom stereocenters. The van der Waals surface area contributed by atoms with Crippen LogP contribution < -0.4 is 5.73 Å². The summed E-state index contributed by atoms with van der Waals surface area (Å²) >= 11 is 1.77. The first-order valence-electron chi connectivity index (χ1n) is 6.58. The van der Waals surface area contributed by atoms with E-state index in [-0.39, 0.29) is 5.25 Å². The van der Waals surface area contributed by atoms with E-state index < -0.39 is 0 Å². The topological polar surface area (TPSA) is 38.9 Å². The van der Waals surface area contributed by atoms with E-state index in [0.29, 0.717) is 12.5 Å². The highest BCUT2D eigenvalue weighted by Crippen LogP contribution is 2.33. The first kappa shape index (κ1) is 14.1. The molecule has 3 heteroatoms. The van der Waals surface area contributed by atoms with Crippen LogP contribution in [-0.4, -0.2) is 11.5 Å². The number of aromatic nitrogens is 1. The molecular weight excluding hydrogens is 252 g/mol. The molecule has 0 spiro atoms. The van der Waals surface area contributed by atoms with Gasteiger partial charge in [0.2, 0.25) is 0 Å². The van der Waals surface area contributed by atoms with Crippen molar-refractivity contribution < 1.29 is 0 Å². The van der Waals surface area contributed by atoms with Crippen LogP contribution >= 0.6 is 11.8 Å². The van der Waals surface area contributed by atoms with Gasteiger partial charge in [-0.2, -0.15) is 0 Å². The Kier molecular flexibility index (Phi) is 5.00. The third kappa shape index (κ3) is 3.82. The maximum atomic E-state index is 5.87. The largest absolute Gasteiger partial charge is 0.329 e. The molecule has 1 heterocycles. The maximum absolute atomic E-state index is 5.87. The number of benzene rings is 1. The molecule has 2 N–H and O–H groups in total. The molecular formula is C16H20N2S. The van der Waals surface area contributed by atoms with E-state index in [2.05, 4.69) is 43.1 Å². The van der Waals surface area contributed by atoms with Crippen molar-refractivity contribution in [3.63, 3.8) is 0 Å². The number of nitrogens with two attached hydrogens (primary N) is 1. The Hall–Kier alpha value is -1.32. The van der Waals surface area contributed by atoms with E-state index in [9.17, 15) is 0 Å². The summed E-state index contributed by atoms with van der Waals surface area (Å²) in [6.07, 6.45) is 1.82. The monoisotopic (exact) mass is 272 g/mol. The van der Waals surface area contributed by atoms with Gasteiger partial charge < -0.3 is 5.73 Å². The predicted molar refractivity (Wildman–Crippen MR) is 82.4 cm³/mol. The van der Waals surface area contributed by atoms with Crippen LogP contribution in [0.5, 0.6) is 0 Å². The fourth-order valence-corrected chi connectivity index (χ4v) is 2.87. The molecule has 0 saturated heterocycles. The summed E-state index contributed by atoms with van der Waals surface area (Å²) in [6, 6.07) is 14.7. The number of pyridine rings is 1. The lowest BCUT2D eigenvalue weighted by Crippen LogP contribution is -2.10. The van der Waals surface area contributed by atoms with Crippen LogP contribution in [0.2, 0.25) is 0 Å². The van der Waals surface area contributed by atoms with E-state index in [1.807, 2.05) is 24.4 Å². The minimum Gasteiger partial charge on any atom is -0.329 e. The van der Waals surface area contributed by atoms with Crippen molar-refractivity contribution in [3.8, 4) is 0 Å². The summed E-state index contributed by atoms with van der Waals surface area (Å²) in [5.74, 6) is 0.570. The highest BCUT2D eigenvalue weighted by Gasteiger charge is 2.12. The number of hydrogen-bond donors (Lipinski definition) is 1. The van der Waals surface area contributed by atoms with Gasteiger partial charge in [-0.3, -0.25) is 4.98 Å². The van der Waals surface area contributed by atoms with Crippen LogP contribution in [0.25, 0.3) is 0 Å². The summed E-state index contributed by atoms with van der Waals surface area (Å²) in [7, 11) is 0.